The van der Waals surface area contributed by atoms with Gasteiger partial charge in [0.05, 0.1) is 6.10 Å². The number of ketones is 1. The highest BCUT2D eigenvalue weighted by Crippen LogP contribution is 2.47. The molecule has 0 aliphatic carbocycles. The quantitative estimate of drug-likeness (QED) is 0.244. The molecule has 1 aliphatic rings. The zero-order chi connectivity index (χ0) is 27.3. The van der Waals surface area contributed by atoms with E-state index < -0.39 is 29.8 Å². The van der Waals surface area contributed by atoms with Crippen molar-refractivity contribution in [3.63, 3.8) is 0 Å². The third kappa shape index (κ3) is 4.86. The molecule has 0 spiro atoms. The number of ether oxygens (including phenoxy) is 3. The van der Waals surface area contributed by atoms with Crippen molar-refractivity contribution < 1.29 is 24.1 Å². The molecule has 1 heterocycles. The van der Waals surface area contributed by atoms with Gasteiger partial charge >= 0.3 is 5.97 Å². The third-order valence-electron chi connectivity index (χ3n) is 7.14. The Morgan fingerprint density at radius 3 is 1.66 bits per heavy atom. The summed E-state index contributed by atoms with van der Waals surface area (Å²) in [5.74, 6) is -1.98. The van der Waals surface area contributed by atoms with Crippen LogP contribution in [-0.2, 0) is 24.6 Å². The van der Waals surface area contributed by atoms with Gasteiger partial charge < -0.3 is 29.5 Å². The zero-order valence-corrected chi connectivity index (χ0v) is 22.9. The molecule has 0 bridgehead atoms. The van der Waals surface area contributed by atoms with E-state index in [1.165, 1.54) is 21.1 Å². The minimum Gasteiger partial charge on any atom is -0.390 e. The molecule has 3 unspecified atom stereocenters. The summed E-state index contributed by atoms with van der Waals surface area (Å²) in [5, 5.41) is 14.3. The Labute approximate surface area is 229 Å². The first-order valence-electron chi connectivity index (χ1n) is 12.5. The fourth-order valence-corrected chi connectivity index (χ4v) is 5.69. The maximum atomic E-state index is 12.7. The summed E-state index contributed by atoms with van der Waals surface area (Å²) >= 11 is 5.61. The van der Waals surface area contributed by atoms with E-state index in [1.54, 1.807) is 11.9 Å². The summed E-state index contributed by atoms with van der Waals surface area (Å²) in [7, 11) is 4.65. The van der Waals surface area contributed by atoms with E-state index in [-0.39, 0.29) is 17.3 Å². The van der Waals surface area contributed by atoms with Crippen LogP contribution in [0.2, 0.25) is 0 Å². The van der Waals surface area contributed by atoms with Gasteiger partial charge in [0.15, 0.2) is 10.9 Å². The van der Waals surface area contributed by atoms with E-state index in [0.717, 1.165) is 16.7 Å². The Balaban J connectivity index is 1.98. The highest BCUT2D eigenvalue weighted by molar-refractivity contribution is 7.80. The number of Topliss-reactive ketones (excluding diaryl/α,β-unsaturated/α-hetero) is 1. The molecule has 3 aromatic carbocycles. The van der Waals surface area contributed by atoms with Crippen molar-refractivity contribution in [1.82, 2.24) is 10.2 Å². The maximum Gasteiger partial charge on any atom is 0.305 e. The van der Waals surface area contributed by atoms with Crippen LogP contribution < -0.4 is 5.32 Å². The Morgan fingerprint density at radius 2 is 1.32 bits per heavy atom. The van der Waals surface area contributed by atoms with Crippen LogP contribution in [0.4, 0.5) is 0 Å². The van der Waals surface area contributed by atoms with Crippen LogP contribution in [0, 0.1) is 0 Å². The SMILES string of the molecule is CNC(=S)N1C(C(C)=O)C(O)CC1C(OC)(OC)OC(c1ccccc1)(c1ccccc1)c1ccccc1. The molecule has 1 aliphatic heterocycles. The van der Waals surface area contributed by atoms with Crippen molar-refractivity contribution in [3.05, 3.63) is 108 Å². The average Bonchev–Trinajstić information content (AvgIpc) is 3.33. The fraction of sp³-hybridized carbons (Fsp3) is 0.333. The number of aliphatic hydroxyl groups is 1. The van der Waals surface area contributed by atoms with Gasteiger partial charge in [0.2, 0.25) is 0 Å². The number of carbonyl (C=O) groups excluding carboxylic acids is 1. The van der Waals surface area contributed by atoms with Crippen molar-refractivity contribution in [2.24, 2.45) is 0 Å². The highest BCUT2D eigenvalue weighted by atomic mass is 32.1. The van der Waals surface area contributed by atoms with Crippen LogP contribution in [0.15, 0.2) is 91.0 Å². The van der Waals surface area contributed by atoms with Gasteiger partial charge in [-0.2, -0.15) is 0 Å². The van der Waals surface area contributed by atoms with Crippen LogP contribution in [0.3, 0.4) is 0 Å². The predicted molar refractivity (Wildman–Crippen MR) is 149 cm³/mol. The number of hydrogen-bond acceptors (Lipinski definition) is 6. The lowest BCUT2D eigenvalue weighted by atomic mass is 9.80. The monoisotopic (exact) mass is 534 g/mol. The van der Waals surface area contributed by atoms with Crippen molar-refractivity contribution in [3.8, 4) is 0 Å². The summed E-state index contributed by atoms with van der Waals surface area (Å²) in [6, 6.07) is 27.9. The van der Waals surface area contributed by atoms with E-state index >= 15 is 0 Å². The Kier molecular flexibility index (Phi) is 8.60. The van der Waals surface area contributed by atoms with Crippen molar-refractivity contribution in [1.29, 1.82) is 0 Å². The molecule has 3 aromatic rings. The number of hydrogen-bond donors (Lipinski definition) is 2. The van der Waals surface area contributed by atoms with Gasteiger partial charge in [-0.1, -0.05) is 91.0 Å². The third-order valence-corrected chi connectivity index (χ3v) is 7.56. The van der Waals surface area contributed by atoms with Crippen molar-refractivity contribution in [2.45, 2.75) is 43.1 Å². The van der Waals surface area contributed by atoms with Gasteiger partial charge in [0, 0.05) is 27.7 Å². The molecule has 38 heavy (non-hydrogen) atoms. The summed E-state index contributed by atoms with van der Waals surface area (Å²) in [4.78, 5) is 14.3. The summed E-state index contributed by atoms with van der Waals surface area (Å²) in [5.41, 5.74) is 1.35. The molecule has 1 fully saturated rings. The van der Waals surface area contributed by atoms with Crippen LogP contribution in [0.1, 0.15) is 30.0 Å². The van der Waals surface area contributed by atoms with E-state index in [9.17, 15) is 9.90 Å². The van der Waals surface area contributed by atoms with Gasteiger partial charge in [-0.15, -0.1) is 0 Å². The van der Waals surface area contributed by atoms with Gasteiger partial charge in [-0.25, -0.2) is 0 Å². The molecule has 8 heteroatoms. The molecule has 3 atom stereocenters. The van der Waals surface area contributed by atoms with E-state index in [4.69, 9.17) is 26.4 Å². The topological polar surface area (TPSA) is 80.3 Å². The molecule has 0 radical (unpaired) electrons. The summed E-state index contributed by atoms with van der Waals surface area (Å²) in [6.45, 7) is 1.44. The second kappa shape index (κ2) is 11.7. The number of carbonyl (C=O) groups is 1. The number of nitrogens with one attached hydrogen (secondary N) is 1. The Hall–Kier alpha value is -3.14. The fourth-order valence-electron chi connectivity index (χ4n) is 5.44. The zero-order valence-electron chi connectivity index (χ0n) is 22.0. The molecular weight excluding hydrogens is 500 g/mol. The summed E-state index contributed by atoms with van der Waals surface area (Å²) in [6.07, 6.45) is -0.876. The normalized spacial score (nSPS) is 19.8. The van der Waals surface area contributed by atoms with Gasteiger partial charge in [-0.3, -0.25) is 4.79 Å². The largest absolute Gasteiger partial charge is 0.390 e. The van der Waals surface area contributed by atoms with Crippen LogP contribution in [-0.4, -0.2) is 66.3 Å². The van der Waals surface area contributed by atoms with Crippen LogP contribution in [0.25, 0.3) is 0 Å². The molecule has 2 N–H and O–H groups in total. The second-order valence-corrected chi connectivity index (χ2v) is 9.62. The number of likely N-dealkylation sites (tertiary alicyclic amines) is 1. The Morgan fingerprint density at radius 1 is 0.895 bits per heavy atom. The summed E-state index contributed by atoms with van der Waals surface area (Å²) < 4.78 is 19.4. The minimum absolute atomic E-state index is 0.127. The van der Waals surface area contributed by atoms with Gasteiger partial charge in [-0.05, 0) is 35.8 Å². The number of thiocarbonyl (C=S) groups is 1. The Bertz CT molecular complexity index is 1120. The van der Waals surface area contributed by atoms with Crippen molar-refractivity contribution >= 4 is 23.1 Å². The maximum absolute atomic E-state index is 12.7. The van der Waals surface area contributed by atoms with Gasteiger partial charge in [0.1, 0.15) is 17.7 Å². The molecule has 4 rings (SSSR count). The number of rotatable bonds is 9. The minimum atomic E-state index is -1.76. The lowest BCUT2D eigenvalue weighted by Crippen LogP contribution is -2.62. The molecule has 1 saturated heterocycles. The number of aliphatic hydroxyl groups excluding tert-OH is 1. The first-order valence-corrected chi connectivity index (χ1v) is 12.9. The van der Waals surface area contributed by atoms with E-state index in [2.05, 4.69) is 5.32 Å². The van der Waals surface area contributed by atoms with E-state index in [0.29, 0.717) is 0 Å². The van der Waals surface area contributed by atoms with Crippen LogP contribution >= 0.6 is 12.2 Å². The van der Waals surface area contributed by atoms with Crippen molar-refractivity contribution in [2.75, 3.05) is 21.3 Å². The predicted octanol–water partition coefficient (Wildman–Crippen LogP) is 3.84. The molecular formula is C30H34N2O5S. The number of nitrogens with zero attached hydrogens (tertiary/aromatic N) is 1. The average molecular weight is 535 g/mol. The standard InChI is InChI=1S/C30H34N2O5S/c1-21(33)27-25(34)20-26(32(27)28(38)31-2)30(35-3,36-4)37-29(22-14-8-5-9-15-22,23-16-10-6-11-17-23)24-18-12-7-13-19-24/h5-19,25-27,34H,20H2,1-4H3,(H,31,38). The lowest BCUT2D eigenvalue weighted by molar-refractivity contribution is -0.405. The molecule has 7 nitrogen and oxygen atoms in total. The molecule has 0 saturated carbocycles. The van der Waals surface area contributed by atoms with E-state index in [1.807, 2.05) is 91.0 Å². The number of methoxy groups -OCH3 is 2. The lowest BCUT2D eigenvalue weighted by Gasteiger charge is -2.47. The van der Waals surface area contributed by atoms with Crippen LogP contribution in [0.5, 0.6) is 0 Å². The molecule has 0 amide bonds. The molecule has 0 aromatic heterocycles. The first kappa shape index (κ1) is 27.9. The smallest absolute Gasteiger partial charge is 0.305 e. The molecule has 200 valence electrons. The number of benzene rings is 3. The second-order valence-electron chi connectivity index (χ2n) is 9.23. The first-order chi connectivity index (χ1) is 18.3. The highest BCUT2D eigenvalue weighted by Gasteiger charge is 2.59. The van der Waals surface area contributed by atoms with Gasteiger partial charge in [0.25, 0.3) is 0 Å².